The fourth-order valence-corrected chi connectivity index (χ4v) is 0. The number of rotatable bonds is 0. The van der Waals surface area contributed by atoms with Crippen LogP contribution in [0.1, 0.15) is 6.92 Å². The van der Waals surface area contributed by atoms with Gasteiger partial charge in [0.15, 0.2) is 0 Å². The molecule has 0 heterocycles. The summed E-state index contributed by atoms with van der Waals surface area (Å²) in [5, 5.41) is 0. The van der Waals surface area contributed by atoms with Gasteiger partial charge >= 0.3 is 0 Å². The molecule has 42 valence electrons. The van der Waals surface area contributed by atoms with Gasteiger partial charge in [0.2, 0.25) is 0 Å². The Balaban J connectivity index is -0.000000000833. The Kier molecular flexibility index (Phi) is 565. The van der Waals surface area contributed by atoms with E-state index in [0.29, 0.717) is 0 Å². The van der Waals surface area contributed by atoms with E-state index in [1.165, 1.54) is 0 Å². The average molecular weight is 230 g/mol. The van der Waals surface area contributed by atoms with Gasteiger partial charge in [-0.3, -0.25) is 0 Å². The van der Waals surface area contributed by atoms with E-state index in [1.807, 2.05) is 0 Å². The number of halogens is 3. The Morgan fingerprint density at radius 3 is 0.833 bits per heavy atom. The molecule has 0 saturated carbocycles. The maximum atomic E-state index is 3.25. The molecule has 0 saturated heterocycles. The molecule has 0 aromatic carbocycles. The van der Waals surface area contributed by atoms with Crippen molar-refractivity contribution in [1.29, 1.82) is 0 Å². The summed E-state index contributed by atoms with van der Waals surface area (Å²) < 4.78 is 0. The fraction of sp³-hybridized carbons (Fsp3) is 0.500. The van der Waals surface area contributed by atoms with Gasteiger partial charge in [0.25, 0.3) is 0 Å². The van der Waals surface area contributed by atoms with Crippen molar-refractivity contribution in [2.24, 2.45) is 0 Å². The van der Waals surface area contributed by atoms with Crippen LogP contribution in [0, 0.1) is 6.92 Å². The van der Waals surface area contributed by atoms with E-state index in [9.17, 15) is 0 Å². The second kappa shape index (κ2) is 72.7. The summed E-state index contributed by atoms with van der Waals surface area (Å²) in [6, 6.07) is 0. The predicted octanol–water partition coefficient (Wildman–Crippen LogP) is 2.10. The van der Waals surface area contributed by atoms with Gasteiger partial charge in [-0.1, -0.05) is 0 Å². The number of hydrogen-bond acceptors (Lipinski definition) is 0. The molecule has 0 atom stereocenters. The predicted molar refractivity (Wildman–Crippen MR) is 32.8 cm³/mol. The molecule has 0 fully saturated rings. The van der Waals surface area contributed by atoms with Gasteiger partial charge in [0.1, 0.15) is 0 Å². The summed E-state index contributed by atoms with van der Waals surface area (Å²) in [6.07, 6.45) is 0. The third-order valence-corrected chi connectivity index (χ3v) is 0. The van der Waals surface area contributed by atoms with E-state index in [2.05, 4.69) is 6.92 Å². The zero-order chi connectivity index (χ0) is 2.00. The molecule has 4 heteroatoms. The molecule has 0 aromatic heterocycles. The second-order valence-electron chi connectivity index (χ2n) is 0. The third kappa shape index (κ3) is 42.3. The van der Waals surface area contributed by atoms with Gasteiger partial charge in [0.05, 0.1) is 0 Å². The van der Waals surface area contributed by atoms with Crippen LogP contribution < -0.4 is 0 Å². The second-order valence-corrected chi connectivity index (χ2v) is 0. The Hall–Kier alpha value is 1.75. The summed E-state index contributed by atoms with van der Waals surface area (Å²) in [6.45, 7) is 5.00. The number of hydrogen-bond donors (Lipinski definition) is 0. The summed E-state index contributed by atoms with van der Waals surface area (Å²) in [5.41, 5.74) is 0. The van der Waals surface area contributed by atoms with Crippen molar-refractivity contribution in [2.75, 3.05) is 0 Å². The Bertz CT molecular complexity index is 8.75. The zero-order valence-corrected chi connectivity index (χ0v) is 8.34. The van der Waals surface area contributed by atoms with E-state index < -0.39 is 0 Å². The summed E-state index contributed by atoms with van der Waals surface area (Å²) >= 11 is 0. The minimum absolute atomic E-state index is 0. The molecule has 0 N–H and O–H groups in total. The van der Waals surface area contributed by atoms with Gasteiger partial charge < -0.3 is 6.92 Å². The van der Waals surface area contributed by atoms with Crippen LogP contribution in [0.4, 0.5) is 0 Å². The average Bonchev–Trinajstić information content (AvgIpc) is 1.00. The van der Waals surface area contributed by atoms with Crippen LogP contribution in [-0.2, 0) is 26.2 Å². The van der Waals surface area contributed by atoms with Crippen LogP contribution in [0.2, 0.25) is 0 Å². The molecule has 0 aromatic rings. The topological polar surface area (TPSA) is 0 Å². The minimum atomic E-state index is 0. The fourth-order valence-electron chi connectivity index (χ4n) is 0. The van der Waals surface area contributed by atoms with Crippen LogP contribution in [0.25, 0.3) is 0 Å². The van der Waals surface area contributed by atoms with Crippen LogP contribution in [-0.4, -0.2) is 0 Å². The van der Waals surface area contributed by atoms with E-state index in [0.717, 1.165) is 0 Å². The van der Waals surface area contributed by atoms with Crippen molar-refractivity contribution in [1.82, 2.24) is 0 Å². The van der Waals surface area contributed by atoms with Crippen LogP contribution in [0.5, 0.6) is 0 Å². The molecule has 0 radical (unpaired) electrons. The van der Waals surface area contributed by atoms with Gasteiger partial charge in [-0.2, -0.15) is 6.92 Å². The quantitative estimate of drug-likeness (QED) is 0.558. The molecule has 0 bridgehead atoms. The molecular formula is C2H8Cl3Zr-. The van der Waals surface area contributed by atoms with Crippen LogP contribution in [0.3, 0.4) is 0 Å². The molecule has 0 aliphatic rings. The molecule has 0 unspecified atom stereocenters. The molecule has 6 heavy (non-hydrogen) atoms. The zero-order valence-electron chi connectivity index (χ0n) is 3.43. The summed E-state index contributed by atoms with van der Waals surface area (Å²) in [4.78, 5) is 0. The van der Waals surface area contributed by atoms with Gasteiger partial charge in [0, 0.05) is 26.2 Å². The first-order valence-electron chi connectivity index (χ1n) is 0.707. The molecule has 0 rings (SSSR count). The Morgan fingerprint density at radius 1 is 0.833 bits per heavy atom. The standard InChI is InChI=1S/C2H5.3ClH.Zr/c1-2;;;;/h1H2,2H3;3*1H;/q-1;;;;. The third-order valence-electron chi connectivity index (χ3n) is 0. The molecule has 0 aliphatic heterocycles. The van der Waals surface area contributed by atoms with Gasteiger partial charge in [-0.25, -0.2) is 0 Å². The van der Waals surface area contributed by atoms with Crippen molar-refractivity contribution >= 4 is 37.2 Å². The first kappa shape index (κ1) is 46.6. The monoisotopic (exact) mass is 227 g/mol. The van der Waals surface area contributed by atoms with Gasteiger partial charge in [-0.15, -0.1) is 37.2 Å². The SMILES string of the molecule is Cl.Cl.Cl.[CH2-]C.[Zr]. The summed E-state index contributed by atoms with van der Waals surface area (Å²) in [5.74, 6) is 0. The van der Waals surface area contributed by atoms with E-state index in [-0.39, 0.29) is 63.4 Å². The van der Waals surface area contributed by atoms with E-state index in [4.69, 9.17) is 0 Å². The first-order valence-corrected chi connectivity index (χ1v) is 0.707. The normalized spacial score (nSPS) is 1.00. The molecule has 0 spiro atoms. The molecule has 0 amide bonds. The van der Waals surface area contributed by atoms with Crippen molar-refractivity contribution in [3.8, 4) is 0 Å². The van der Waals surface area contributed by atoms with Crippen LogP contribution in [0.15, 0.2) is 0 Å². The van der Waals surface area contributed by atoms with Crippen molar-refractivity contribution in [2.45, 2.75) is 6.92 Å². The summed E-state index contributed by atoms with van der Waals surface area (Å²) in [7, 11) is 0. The molecular weight excluding hydrogens is 222 g/mol. The Morgan fingerprint density at radius 2 is 0.833 bits per heavy atom. The molecule has 0 nitrogen and oxygen atoms in total. The Labute approximate surface area is 76.8 Å². The molecule has 0 aliphatic carbocycles. The minimum Gasteiger partial charge on any atom is -0.346 e. The van der Waals surface area contributed by atoms with Crippen LogP contribution >= 0.6 is 37.2 Å². The van der Waals surface area contributed by atoms with Gasteiger partial charge in [-0.05, 0) is 0 Å². The van der Waals surface area contributed by atoms with E-state index >= 15 is 0 Å². The van der Waals surface area contributed by atoms with Crippen molar-refractivity contribution in [3.63, 3.8) is 0 Å². The van der Waals surface area contributed by atoms with E-state index in [1.54, 1.807) is 6.92 Å². The van der Waals surface area contributed by atoms with Crippen molar-refractivity contribution < 1.29 is 26.2 Å². The maximum absolute atomic E-state index is 3.25. The largest absolute Gasteiger partial charge is 0.346 e. The maximum Gasteiger partial charge on any atom is 0 e. The van der Waals surface area contributed by atoms with Crippen molar-refractivity contribution in [3.05, 3.63) is 6.92 Å². The smallest absolute Gasteiger partial charge is 0 e. The first-order chi connectivity index (χ1) is 1.00.